The molecule has 0 saturated carbocycles. The van der Waals surface area contributed by atoms with Crippen LogP contribution in [0.2, 0.25) is 0 Å². The van der Waals surface area contributed by atoms with Gasteiger partial charge in [0.2, 0.25) is 12.8 Å². The smallest absolute Gasteiger partial charge is 0.211 e. The first kappa shape index (κ1) is 13.6. The molecular weight excluding hydrogens is 250 g/mol. The molecule has 0 aromatic heterocycles. The maximum absolute atomic E-state index is 10.9. The molecule has 0 spiro atoms. The van der Waals surface area contributed by atoms with Gasteiger partial charge in [-0.15, -0.1) is 0 Å². The van der Waals surface area contributed by atoms with Crippen molar-refractivity contribution in [3.05, 3.63) is 33.9 Å². The summed E-state index contributed by atoms with van der Waals surface area (Å²) in [6, 6.07) is 5.28. The molecule has 0 aliphatic carbocycles. The summed E-state index contributed by atoms with van der Waals surface area (Å²) < 4.78 is 10.7. The first-order valence-electron chi connectivity index (χ1n) is 6.21. The highest BCUT2D eigenvalue weighted by Crippen LogP contribution is 2.45. The molecule has 2 rings (SSSR count). The molecule has 0 amide bonds. The van der Waals surface area contributed by atoms with Gasteiger partial charge in [0.1, 0.15) is 0 Å². The van der Waals surface area contributed by atoms with Gasteiger partial charge in [0.25, 0.3) is 0 Å². The second-order valence-corrected chi connectivity index (χ2v) is 4.58. The topological polar surface area (TPSA) is 81.8 Å². The fraction of sp³-hybridized carbons (Fsp3) is 0.538. The average molecular weight is 267 g/mol. The van der Waals surface area contributed by atoms with Gasteiger partial charge in [-0.05, 0) is 12.5 Å². The van der Waals surface area contributed by atoms with Crippen molar-refractivity contribution in [1.82, 2.24) is 0 Å². The molecule has 104 valence electrons. The molecule has 1 aliphatic heterocycles. The fourth-order valence-electron chi connectivity index (χ4n) is 2.63. The van der Waals surface area contributed by atoms with E-state index in [0.29, 0.717) is 17.9 Å². The van der Waals surface area contributed by atoms with Gasteiger partial charge in [0.15, 0.2) is 11.5 Å². The van der Waals surface area contributed by atoms with Gasteiger partial charge in [-0.25, -0.2) is 0 Å². The SMILES string of the molecule is CC[C@@H]1C(O)Oc2c(OC)cccc2[C@@H]1C[N+](=O)[O-]. The van der Waals surface area contributed by atoms with Crippen molar-refractivity contribution < 1.29 is 19.5 Å². The van der Waals surface area contributed by atoms with Crippen LogP contribution in [0, 0.1) is 16.0 Å². The van der Waals surface area contributed by atoms with E-state index < -0.39 is 6.29 Å². The molecule has 0 saturated heterocycles. The maximum atomic E-state index is 10.9. The number of nitro groups is 1. The van der Waals surface area contributed by atoms with Crippen LogP contribution in [0.15, 0.2) is 18.2 Å². The molecule has 0 fully saturated rings. The van der Waals surface area contributed by atoms with Crippen LogP contribution in [0.4, 0.5) is 0 Å². The molecule has 1 heterocycles. The molecule has 3 atom stereocenters. The van der Waals surface area contributed by atoms with Crippen LogP contribution < -0.4 is 9.47 Å². The fourth-order valence-corrected chi connectivity index (χ4v) is 2.63. The Balaban J connectivity index is 2.47. The van der Waals surface area contributed by atoms with E-state index in [1.807, 2.05) is 6.92 Å². The minimum Gasteiger partial charge on any atom is -0.493 e. The van der Waals surface area contributed by atoms with E-state index in [-0.39, 0.29) is 23.3 Å². The second-order valence-electron chi connectivity index (χ2n) is 4.58. The number of para-hydroxylation sites is 1. The van der Waals surface area contributed by atoms with Crippen LogP contribution in [-0.2, 0) is 0 Å². The lowest BCUT2D eigenvalue weighted by atomic mass is 9.81. The van der Waals surface area contributed by atoms with Gasteiger partial charge in [0, 0.05) is 16.4 Å². The van der Waals surface area contributed by atoms with Gasteiger partial charge >= 0.3 is 0 Å². The first-order chi connectivity index (χ1) is 9.08. The van der Waals surface area contributed by atoms with Gasteiger partial charge in [-0.2, -0.15) is 0 Å². The Kier molecular flexibility index (Phi) is 3.90. The molecule has 1 aromatic carbocycles. The van der Waals surface area contributed by atoms with Crippen molar-refractivity contribution in [3.8, 4) is 11.5 Å². The van der Waals surface area contributed by atoms with E-state index in [9.17, 15) is 15.2 Å². The molecule has 1 unspecified atom stereocenters. The Morgan fingerprint density at radius 2 is 2.26 bits per heavy atom. The third kappa shape index (κ3) is 2.49. The van der Waals surface area contributed by atoms with Crippen LogP contribution in [0.5, 0.6) is 11.5 Å². The Morgan fingerprint density at radius 1 is 1.53 bits per heavy atom. The zero-order valence-electron chi connectivity index (χ0n) is 10.9. The third-order valence-corrected chi connectivity index (χ3v) is 3.57. The van der Waals surface area contributed by atoms with Crippen LogP contribution in [0.25, 0.3) is 0 Å². The van der Waals surface area contributed by atoms with E-state index in [4.69, 9.17) is 9.47 Å². The minimum atomic E-state index is -1.04. The number of benzene rings is 1. The van der Waals surface area contributed by atoms with E-state index in [1.54, 1.807) is 18.2 Å². The molecule has 1 aromatic rings. The van der Waals surface area contributed by atoms with Crippen molar-refractivity contribution >= 4 is 0 Å². The molecule has 6 heteroatoms. The number of hydrogen-bond acceptors (Lipinski definition) is 5. The summed E-state index contributed by atoms with van der Waals surface area (Å²) in [5.74, 6) is 0.243. The predicted octanol–water partition coefficient (Wildman–Crippen LogP) is 1.79. The molecule has 0 bridgehead atoms. The summed E-state index contributed by atoms with van der Waals surface area (Å²) in [6.45, 7) is 1.66. The van der Waals surface area contributed by atoms with E-state index in [2.05, 4.69) is 0 Å². The normalized spacial score (nSPS) is 25.3. The summed E-state index contributed by atoms with van der Waals surface area (Å²) >= 11 is 0. The number of ether oxygens (including phenoxy) is 2. The number of methoxy groups -OCH3 is 1. The quantitative estimate of drug-likeness (QED) is 0.664. The van der Waals surface area contributed by atoms with Crippen LogP contribution in [0.3, 0.4) is 0 Å². The summed E-state index contributed by atoms with van der Waals surface area (Å²) in [7, 11) is 1.50. The van der Waals surface area contributed by atoms with Gasteiger partial charge in [0.05, 0.1) is 13.0 Å². The summed E-state index contributed by atoms with van der Waals surface area (Å²) in [5, 5.41) is 20.9. The Hall–Kier alpha value is -1.82. The first-order valence-corrected chi connectivity index (χ1v) is 6.21. The van der Waals surface area contributed by atoms with Crippen LogP contribution in [0.1, 0.15) is 24.8 Å². The zero-order chi connectivity index (χ0) is 14.0. The predicted molar refractivity (Wildman–Crippen MR) is 68.0 cm³/mol. The van der Waals surface area contributed by atoms with Gasteiger partial charge in [-0.1, -0.05) is 19.1 Å². The molecular formula is C13H17NO5. The Labute approximate surface area is 111 Å². The lowest BCUT2D eigenvalue weighted by Crippen LogP contribution is -2.38. The number of hydrogen-bond donors (Lipinski definition) is 1. The van der Waals surface area contributed by atoms with E-state index in [0.717, 1.165) is 5.56 Å². The van der Waals surface area contributed by atoms with Crippen molar-refractivity contribution in [3.63, 3.8) is 0 Å². The van der Waals surface area contributed by atoms with Crippen LogP contribution in [-0.4, -0.2) is 30.0 Å². The number of aliphatic hydroxyl groups excluding tert-OH is 1. The monoisotopic (exact) mass is 267 g/mol. The number of fused-ring (bicyclic) bond motifs is 1. The number of rotatable bonds is 4. The highest BCUT2D eigenvalue weighted by Gasteiger charge is 2.40. The van der Waals surface area contributed by atoms with Gasteiger partial charge < -0.3 is 14.6 Å². The molecule has 1 N–H and O–H groups in total. The molecule has 0 radical (unpaired) electrons. The van der Waals surface area contributed by atoms with Crippen molar-refractivity contribution in [1.29, 1.82) is 0 Å². The van der Waals surface area contributed by atoms with E-state index in [1.165, 1.54) is 7.11 Å². The van der Waals surface area contributed by atoms with Gasteiger partial charge in [-0.3, -0.25) is 10.1 Å². The maximum Gasteiger partial charge on any atom is 0.211 e. The largest absolute Gasteiger partial charge is 0.493 e. The lowest BCUT2D eigenvalue weighted by Gasteiger charge is -2.35. The number of aliphatic hydroxyl groups is 1. The minimum absolute atomic E-state index is 0.223. The Bertz CT molecular complexity index is 476. The highest BCUT2D eigenvalue weighted by molar-refractivity contribution is 5.49. The van der Waals surface area contributed by atoms with Crippen molar-refractivity contribution in [2.75, 3.05) is 13.7 Å². The summed E-state index contributed by atoms with van der Waals surface area (Å²) in [5.41, 5.74) is 0.730. The Morgan fingerprint density at radius 3 is 2.84 bits per heavy atom. The standard InChI is InChI=1S/C13H17NO5/c1-3-8-10(7-14(16)17)9-5-4-6-11(18-2)12(9)19-13(8)15/h4-6,8,10,13,15H,3,7H2,1-2H3/t8-,10+,13?/m0/s1. The zero-order valence-corrected chi connectivity index (χ0v) is 10.9. The second kappa shape index (κ2) is 5.44. The third-order valence-electron chi connectivity index (χ3n) is 3.57. The number of nitrogens with zero attached hydrogens (tertiary/aromatic N) is 1. The summed E-state index contributed by atoms with van der Waals surface area (Å²) in [4.78, 5) is 10.5. The average Bonchev–Trinajstić information content (AvgIpc) is 2.37. The molecule has 19 heavy (non-hydrogen) atoms. The van der Waals surface area contributed by atoms with Crippen molar-refractivity contribution in [2.24, 2.45) is 5.92 Å². The molecule has 6 nitrogen and oxygen atoms in total. The van der Waals surface area contributed by atoms with E-state index >= 15 is 0 Å². The summed E-state index contributed by atoms with van der Waals surface area (Å²) in [6.07, 6.45) is -0.435. The van der Waals surface area contributed by atoms with Crippen molar-refractivity contribution in [2.45, 2.75) is 25.6 Å². The molecule has 1 aliphatic rings. The highest BCUT2D eigenvalue weighted by atomic mass is 16.6. The lowest BCUT2D eigenvalue weighted by molar-refractivity contribution is -0.486. The van der Waals surface area contributed by atoms with Crippen LogP contribution >= 0.6 is 0 Å².